The molecule has 0 unspecified atom stereocenters. The lowest BCUT2D eigenvalue weighted by Crippen LogP contribution is -2.00. The van der Waals surface area contributed by atoms with Crippen molar-refractivity contribution < 1.29 is 4.42 Å². The smallest absolute Gasteiger partial charge is 0.336 e. The third-order valence-electron chi connectivity index (χ3n) is 4.72. The summed E-state index contributed by atoms with van der Waals surface area (Å²) in [5, 5.41) is 1.74. The van der Waals surface area contributed by atoms with Crippen molar-refractivity contribution in [3.63, 3.8) is 0 Å². The topological polar surface area (TPSA) is 43.1 Å². The van der Waals surface area contributed by atoms with Gasteiger partial charge in [-0.1, -0.05) is 23.4 Å². The quantitative estimate of drug-likeness (QED) is 0.320. The van der Waals surface area contributed by atoms with Crippen molar-refractivity contribution in [1.29, 1.82) is 0 Å². The number of aryl methyl sites for hydroxylation is 2. The number of hydrogen-bond donors (Lipinski definition) is 0. The van der Waals surface area contributed by atoms with Gasteiger partial charge in [0, 0.05) is 22.2 Å². The van der Waals surface area contributed by atoms with Crippen LogP contribution in [0.1, 0.15) is 23.1 Å². The van der Waals surface area contributed by atoms with Crippen LogP contribution >= 0.6 is 34.7 Å². The van der Waals surface area contributed by atoms with Gasteiger partial charge in [0.15, 0.2) is 4.34 Å². The molecule has 2 heterocycles. The Kier molecular flexibility index (Phi) is 4.03. The first-order chi connectivity index (χ1) is 12.7. The molecule has 0 N–H and O–H groups in total. The van der Waals surface area contributed by atoms with Crippen LogP contribution < -0.4 is 5.63 Å². The molecule has 3 nitrogen and oxygen atoms in total. The van der Waals surface area contributed by atoms with Crippen molar-refractivity contribution in [2.75, 3.05) is 0 Å². The summed E-state index contributed by atoms with van der Waals surface area (Å²) >= 11 is 9.33. The van der Waals surface area contributed by atoms with Crippen LogP contribution in [0.2, 0.25) is 5.02 Å². The van der Waals surface area contributed by atoms with Gasteiger partial charge in [-0.05, 0) is 66.3 Å². The van der Waals surface area contributed by atoms with E-state index in [9.17, 15) is 4.79 Å². The Balaban J connectivity index is 1.51. The SMILES string of the molecule is O=c1cc(CSc2nc3cc(Cl)ccc3s2)c2cc3c(cc2o1)CCC3. The van der Waals surface area contributed by atoms with Crippen LogP contribution in [-0.4, -0.2) is 4.98 Å². The van der Waals surface area contributed by atoms with Gasteiger partial charge < -0.3 is 4.42 Å². The van der Waals surface area contributed by atoms with E-state index in [-0.39, 0.29) is 5.63 Å². The number of hydrogen-bond acceptors (Lipinski definition) is 5. The third-order valence-corrected chi connectivity index (χ3v) is 7.19. The molecular formula is C20H14ClNO2S2. The summed E-state index contributed by atoms with van der Waals surface area (Å²) in [7, 11) is 0. The van der Waals surface area contributed by atoms with Crippen molar-refractivity contribution in [3.8, 4) is 0 Å². The van der Waals surface area contributed by atoms with E-state index in [2.05, 4.69) is 11.1 Å². The Labute approximate surface area is 163 Å². The number of fused-ring (bicyclic) bond motifs is 3. The second kappa shape index (κ2) is 6.41. The van der Waals surface area contributed by atoms with E-state index < -0.39 is 0 Å². The predicted octanol–water partition coefficient (Wildman–Crippen LogP) is 5.84. The van der Waals surface area contributed by atoms with E-state index in [0.717, 1.165) is 38.3 Å². The summed E-state index contributed by atoms with van der Waals surface area (Å²) in [6.07, 6.45) is 3.35. The van der Waals surface area contributed by atoms with Crippen LogP contribution in [0.15, 0.2) is 49.9 Å². The van der Waals surface area contributed by atoms with Crippen LogP contribution in [0.4, 0.5) is 0 Å². The molecule has 26 heavy (non-hydrogen) atoms. The van der Waals surface area contributed by atoms with Gasteiger partial charge in [-0.25, -0.2) is 9.78 Å². The molecule has 0 radical (unpaired) electrons. The Morgan fingerprint density at radius 2 is 2.00 bits per heavy atom. The highest BCUT2D eigenvalue weighted by molar-refractivity contribution is 8.00. The fraction of sp³-hybridized carbons (Fsp3) is 0.200. The van der Waals surface area contributed by atoms with Gasteiger partial charge in [-0.3, -0.25) is 0 Å². The zero-order valence-corrected chi connectivity index (χ0v) is 16.1. The summed E-state index contributed by atoms with van der Waals surface area (Å²) in [6.45, 7) is 0. The van der Waals surface area contributed by atoms with Gasteiger partial charge in [0.1, 0.15) is 5.58 Å². The lowest BCUT2D eigenvalue weighted by molar-refractivity contribution is 0.559. The van der Waals surface area contributed by atoms with Crippen molar-refractivity contribution >= 4 is 55.9 Å². The van der Waals surface area contributed by atoms with E-state index in [1.54, 1.807) is 29.2 Å². The summed E-state index contributed by atoms with van der Waals surface area (Å²) < 4.78 is 7.54. The molecule has 0 saturated heterocycles. The average molecular weight is 400 g/mol. The molecule has 0 bridgehead atoms. The number of thiazole rings is 1. The molecule has 1 aliphatic rings. The lowest BCUT2D eigenvalue weighted by atomic mass is 10.0. The number of rotatable bonds is 3. The number of halogens is 1. The third kappa shape index (κ3) is 2.94. The van der Waals surface area contributed by atoms with Gasteiger partial charge in [-0.2, -0.15) is 0 Å². The van der Waals surface area contributed by atoms with Gasteiger partial charge in [0.05, 0.1) is 10.2 Å². The average Bonchev–Trinajstić information content (AvgIpc) is 3.23. The zero-order chi connectivity index (χ0) is 17.7. The van der Waals surface area contributed by atoms with Crippen molar-refractivity contribution in [2.24, 2.45) is 0 Å². The van der Waals surface area contributed by atoms with Gasteiger partial charge >= 0.3 is 5.63 Å². The Hall–Kier alpha value is -1.82. The number of benzene rings is 2. The molecule has 2 aromatic carbocycles. The fourth-order valence-electron chi connectivity index (χ4n) is 3.49. The molecule has 1 aliphatic carbocycles. The van der Waals surface area contributed by atoms with E-state index >= 15 is 0 Å². The molecule has 130 valence electrons. The summed E-state index contributed by atoms with van der Waals surface area (Å²) in [5.41, 5.74) is 5.03. The first kappa shape index (κ1) is 16.4. The van der Waals surface area contributed by atoms with Crippen LogP contribution in [0.25, 0.3) is 21.2 Å². The molecule has 0 aliphatic heterocycles. The van der Waals surface area contributed by atoms with E-state index in [4.69, 9.17) is 16.0 Å². The molecule has 2 aromatic heterocycles. The molecule has 5 rings (SSSR count). The highest BCUT2D eigenvalue weighted by Crippen LogP contribution is 2.35. The minimum atomic E-state index is -0.290. The van der Waals surface area contributed by atoms with E-state index in [1.807, 2.05) is 24.3 Å². The van der Waals surface area contributed by atoms with Crippen LogP contribution in [0, 0.1) is 0 Å². The second-order valence-corrected chi connectivity index (χ2v) is 9.13. The fourth-order valence-corrected chi connectivity index (χ4v) is 5.70. The number of aromatic nitrogens is 1. The molecule has 4 aromatic rings. The van der Waals surface area contributed by atoms with Gasteiger partial charge in [0.2, 0.25) is 0 Å². The highest BCUT2D eigenvalue weighted by Gasteiger charge is 2.15. The van der Waals surface area contributed by atoms with Crippen LogP contribution in [-0.2, 0) is 18.6 Å². The largest absolute Gasteiger partial charge is 0.423 e. The van der Waals surface area contributed by atoms with Gasteiger partial charge in [0.25, 0.3) is 0 Å². The molecule has 0 fully saturated rings. The predicted molar refractivity (Wildman–Crippen MR) is 109 cm³/mol. The highest BCUT2D eigenvalue weighted by atomic mass is 35.5. The first-order valence-electron chi connectivity index (χ1n) is 8.43. The molecule has 0 atom stereocenters. The molecular weight excluding hydrogens is 386 g/mol. The zero-order valence-electron chi connectivity index (χ0n) is 13.8. The second-order valence-electron chi connectivity index (χ2n) is 6.44. The minimum absolute atomic E-state index is 0.290. The molecule has 0 spiro atoms. The van der Waals surface area contributed by atoms with Gasteiger partial charge in [-0.15, -0.1) is 11.3 Å². The van der Waals surface area contributed by atoms with Crippen molar-refractivity contribution in [3.05, 3.63) is 68.5 Å². The molecule has 6 heteroatoms. The standard InChI is InChI=1S/C20H14ClNO2S2/c21-14-4-5-18-16(9-14)22-20(26-18)25-10-13-8-19(23)24-17-7-12-3-1-2-11(12)6-15(13)17/h4-9H,1-3,10H2. The first-order valence-corrected chi connectivity index (χ1v) is 10.6. The lowest BCUT2D eigenvalue weighted by Gasteiger charge is -2.07. The van der Waals surface area contributed by atoms with E-state index in [1.165, 1.54) is 17.5 Å². The Bertz CT molecular complexity index is 1210. The van der Waals surface area contributed by atoms with Crippen LogP contribution in [0.5, 0.6) is 0 Å². The van der Waals surface area contributed by atoms with Crippen LogP contribution in [0.3, 0.4) is 0 Å². The summed E-state index contributed by atoms with van der Waals surface area (Å²) in [5.74, 6) is 0.689. The maximum atomic E-state index is 12.0. The summed E-state index contributed by atoms with van der Waals surface area (Å²) in [6, 6.07) is 11.6. The monoisotopic (exact) mass is 399 g/mol. The molecule has 0 amide bonds. The normalized spacial score (nSPS) is 13.6. The minimum Gasteiger partial charge on any atom is -0.423 e. The maximum Gasteiger partial charge on any atom is 0.336 e. The number of nitrogens with zero attached hydrogens (tertiary/aromatic N) is 1. The Morgan fingerprint density at radius 1 is 1.15 bits per heavy atom. The number of thioether (sulfide) groups is 1. The van der Waals surface area contributed by atoms with E-state index in [0.29, 0.717) is 16.4 Å². The molecule has 0 saturated carbocycles. The van der Waals surface area contributed by atoms with Crippen molar-refractivity contribution in [1.82, 2.24) is 4.98 Å². The Morgan fingerprint density at radius 3 is 2.88 bits per heavy atom. The maximum absolute atomic E-state index is 12.0. The summed E-state index contributed by atoms with van der Waals surface area (Å²) in [4.78, 5) is 16.6. The van der Waals surface area contributed by atoms with Crippen molar-refractivity contribution in [2.45, 2.75) is 29.4 Å².